The third kappa shape index (κ3) is 2.83. The van der Waals surface area contributed by atoms with Crippen LogP contribution >= 0.6 is 0 Å². The number of methoxy groups -OCH3 is 1. The van der Waals surface area contributed by atoms with E-state index in [1.54, 1.807) is 7.11 Å². The molecule has 0 unspecified atom stereocenters. The molecule has 0 aliphatic carbocycles. The highest BCUT2D eigenvalue weighted by molar-refractivity contribution is 5.27. The van der Waals surface area contributed by atoms with Crippen molar-refractivity contribution < 1.29 is 4.74 Å². The van der Waals surface area contributed by atoms with Gasteiger partial charge in [-0.2, -0.15) is 0 Å². The van der Waals surface area contributed by atoms with Crippen LogP contribution < -0.4 is 4.74 Å². The number of nitrogens with zero attached hydrogens (tertiary/aromatic N) is 1. The van der Waals surface area contributed by atoms with Crippen LogP contribution in [0.3, 0.4) is 0 Å². The molecule has 1 radical (unpaired) electrons. The molecular weight excluding hydrogens is 186 g/mol. The minimum Gasteiger partial charge on any atom is -0.497 e. The minimum atomic E-state index is 0.922. The maximum atomic E-state index is 5.13. The largest absolute Gasteiger partial charge is 0.497 e. The molecule has 15 heavy (non-hydrogen) atoms. The zero-order chi connectivity index (χ0) is 10.5. The summed E-state index contributed by atoms with van der Waals surface area (Å²) in [6, 6.07) is 8.28. The van der Waals surface area contributed by atoms with Crippen molar-refractivity contribution in [3.05, 3.63) is 42.0 Å². The highest BCUT2D eigenvalue weighted by Gasteiger charge is 2.06. The van der Waals surface area contributed by atoms with Gasteiger partial charge in [0.25, 0.3) is 0 Å². The van der Waals surface area contributed by atoms with Crippen molar-refractivity contribution in [1.29, 1.82) is 0 Å². The number of ether oxygens (including phenoxy) is 1. The lowest BCUT2D eigenvalue weighted by Crippen LogP contribution is -2.26. The molecule has 0 atom stereocenters. The lowest BCUT2D eigenvalue weighted by Gasteiger charge is -2.22. The van der Waals surface area contributed by atoms with E-state index in [0.29, 0.717) is 0 Å². The Balaban J connectivity index is 1.95. The van der Waals surface area contributed by atoms with E-state index in [1.165, 1.54) is 5.56 Å². The number of hydrogen-bond acceptors (Lipinski definition) is 2. The van der Waals surface area contributed by atoms with Crippen LogP contribution in [-0.4, -0.2) is 25.1 Å². The molecule has 0 aromatic heterocycles. The topological polar surface area (TPSA) is 12.5 Å². The molecule has 1 heterocycles. The first kappa shape index (κ1) is 10.2. The first-order valence-electron chi connectivity index (χ1n) is 5.29. The quantitative estimate of drug-likeness (QED) is 0.745. The van der Waals surface area contributed by atoms with Crippen LogP contribution in [0.5, 0.6) is 5.75 Å². The van der Waals surface area contributed by atoms with E-state index < -0.39 is 0 Å². The number of hydrogen-bond donors (Lipinski definition) is 0. The smallest absolute Gasteiger partial charge is 0.118 e. The summed E-state index contributed by atoms with van der Waals surface area (Å²) >= 11 is 0. The van der Waals surface area contributed by atoms with Gasteiger partial charge in [0.1, 0.15) is 5.75 Å². The van der Waals surface area contributed by atoms with Crippen molar-refractivity contribution in [2.24, 2.45) is 0 Å². The van der Waals surface area contributed by atoms with Crippen LogP contribution in [-0.2, 0) is 6.54 Å². The Morgan fingerprint density at radius 1 is 1.33 bits per heavy atom. The molecule has 0 fully saturated rings. The molecule has 79 valence electrons. The normalized spacial score (nSPS) is 16.6. The summed E-state index contributed by atoms with van der Waals surface area (Å²) < 4.78 is 5.13. The summed E-state index contributed by atoms with van der Waals surface area (Å²) in [6.07, 6.45) is 6.40. The van der Waals surface area contributed by atoms with Crippen molar-refractivity contribution in [3.8, 4) is 5.75 Å². The summed E-state index contributed by atoms with van der Waals surface area (Å²) in [5.74, 6) is 0.922. The molecule has 2 heteroatoms. The standard InChI is InChI=1S/C13H16NO/c1-15-13-7-5-12(6-8-13)11-14-9-3-2-4-10-14/h3,5-8H,4,9-11H2,1H3. The predicted molar refractivity (Wildman–Crippen MR) is 60.7 cm³/mol. The third-order valence-electron chi connectivity index (χ3n) is 2.63. The van der Waals surface area contributed by atoms with E-state index >= 15 is 0 Å². The van der Waals surface area contributed by atoms with E-state index in [-0.39, 0.29) is 0 Å². The molecule has 0 N–H and O–H groups in total. The molecule has 1 aromatic carbocycles. The van der Waals surface area contributed by atoms with Crippen LogP contribution in [0.15, 0.2) is 30.3 Å². The van der Waals surface area contributed by atoms with E-state index in [0.717, 1.165) is 31.8 Å². The molecular formula is C13H16NO. The van der Waals surface area contributed by atoms with Gasteiger partial charge in [-0.1, -0.05) is 18.2 Å². The first-order valence-corrected chi connectivity index (χ1v) is 5.29. The molecule has 1 aliphatic heterocycles. The van der Waals surface area contributed by atoms with Crippen LogP contribution in [0, 0.1) is 6.08 Å². The van der Waals surface area contributed by atoms with Crippen molar-refractivity contribution >= 4 is 0 Å². The summed E-state index contributed by atoms with van der Waals surface area (Å²) in [7, 11) is 1.69. The molecule has 0 saturated heterocycles. The molecule has 2 nitrogen and oxygen atoms in total. The Morgan fingerprint density at radius 2 is 2.13 bits per heavy atom. The first-order chi connectivity index (χ1) is 7.38. The minimum absolute atomic E-state index is 0.922. The maximum Gasteiger partial charge on any atom is 0.118 e. The highest BCUT2D eigenvalue weighted by atomic mass is 16.5. The van der Waals surface area contributed by atoms with Gasteiger partial charge in [-0.3, -0.25) is 4.90 Å². The van der Waals surface area contributed by atoms with E-state index in [4.69, 9.17) is 4.74 Å². The monoisotopic (exact) mass is 202 g/mol. The van der Waals surface area contributed by atoms with Gasteiger partial charge in [-0.15, -0.1) is 0 Å². The Labute approximate surface area is 91.2 Å². The average Bonchev–Trinajstić information content (AvgIpc) is 2.31. The van der Waals surface area contributed by atoms with Gasteiger partial charge in [0.05, 0.1) is 7.11 Å². The van der Waals surface area contributed by atoms with Gasteiger partial charge < -0.3 is 4.74 Å². The summed E-state index contributed by atoms with van der Waals surface area (Å²) in [6.45, 7) is 3.15. The average molecular weight is 202 g/mol. The molecule has 0 spiro atoms. The fourth-order valence-electron chi connectivity index (χ4n) is 1.74. The lowest BCUT2D eigenvalue weighted by atomic mass is 10.1. The van der Waals surface area contributed by atoms with Gasteiger partial charge in [0.2, 0.25) is 0 Å². The van der Waals surface area contributed by atoms with Crippen molar-refractivity contribution in [1.82, 2.24) is 4.90 Å². The van der Waals surface area contributed by atoms with Crippen molar-refractivity contribution in [2.75, 3.05) is 20.2 Å². The molecule has 2 rings (SSSR count). The van der Waals surface area contributed by atoms with Crippen LogP contribution in [0.25, 0.3) is 0 Å². The zero-order valence-electron chi connectivity index (χ0n) is 9.07. The van der Waals surface area contributed by atoms with E-state index in [2.05, 4.69) is 29.2 Å². The van der Waals surface area contributed by atoms with Crippen LogP contribution in [0.2, 0.25) is 0 Å². The van der Waals surface area contributed by atoms with Gasteiger partial charge in [-0.05, 0) is 30.2 Å². The highest BCUT2D eigenvalue weighted by Crippen LogP contribution is 2.13. The summed E-state index contributed by atoms with van der Waals surface area (Å²) in [5.41, 5.74) is 1.34. The van der Waals surface area contributed by atoms with Gasteiger partial charge in [0, 0.05) is 19.6 Å². The molecule has 0 saturated carbocycles. The van der Waals surface area contributed by atoms with Gasteiger partial charge in [0.15, 0.2) is 0 Å². The molecule has 0 amide bonds. The van der Waals surface area contributed by atoms with Crippen molar-refractivity contribution in [2.45, 2.75) is 13.0 Å². The lowest BCUT2D eigenvalue weighted by molar-refractivity contribution is 0.288. The Hall–Kier alpha value is -1.28. The third-order valence-corrected chi connectivity index (χ3v) is 2.63. The Kier molecular flexibility index (Phi) is 3.41. The number of benzene rings is 1. The molecule has 0 bridgehead atoms. The van der Waals surface area contributed by atoms with E-state index in [9.17, 15) is 0 Å². The van der Waals surface area contributed by atoms with Crippen LogP contribution in [0.4, 0.5) is 0 Å². The molecule has 1 aromatic rings. The fraction of sp³-hybridized carbons (Fsp3) is 0.385. The van der Waals surface area contributed by atoms with Crippen LogP contribution in [0.1, 0.15) is 12.0 Å². The van der Waals surface area contributed by atoms with E-state index in [1.807, 2.05) is 12.1 Å². The van der Waals surface area contributed by atoms with Gasteiger partial charge >= 0.3 is 0 Å². The maximum absolute atomic E-state index is 5.13. The fourth-order valence-corrected chi connectivity index (χ4v) is 1.74. The predicted octanol–water partition coefficient (Wildman–Crippen LogP) is 2.26. The van der Waals surface area contributed by atoms with Crippen molar-refractivity contribution in [3.63, 3.8) is 0 Å². The Morgan fingerprint density at radius 3 is 2.73 bits per heavy atom. The second kappa shape index (κ2) is 4.99. The number of rotatable bonds is 3. The zero-order valence-corrected chi connectivity index (χ0v) is 9.07. The SMILES string of the molecule is COc1ccc(CN2CC=[C]CC2)cc1. The Bertz CT molecular complexity index is 329. The summed E-state index contributed by atoms with van der Waals surface area (Å²) in [4.78, 5) is 2.41. The second-order valence-electron chi connectivity index (χ2n) is 3.74. The summed E-state index contributed by atoms with van der Waals surface area (Å²) in [5, 5.41) is 0. The second-order valence-corrected chi connectivity index (χ2v) is 3.74. The molecule has 1 aliphatic rings. The van der Waals surface area contributed by atoms with Gasteiger partial charge in [-0.25, -0.2) is 0 Å².